The average Bonchev–Trinajstić information content (AvgIpc) is 2.87. The molecule has 3 heterocycles. The second-order valence-corrected chi connectivity index (χ2v) is 8.27. The smallest absolute Gasteiger partial charge is 0.312 e. The molecule has 0 saturated carbocycles. The number of aromatic amines is 1. The molecule has 148 valence electrons. The van der Waals surface area contributed by atoms with Crippen LogP contribution in [-0.2, 0) is 9.53 Å². The first-order valence-electron chi connectivity index (χ1n) is 9.50. The van der Waals surface area contributed by atoms with E-state index in [-0.39, 0.29) is 29.1 Å². The number of amides is 1. The molecule has 0 aromatic carbocycles. The Morgan fingerprint density at radius 3 is 2.41 bits per heavy atom. The van der Waals surface area contributed by atoms with Gasteiger partial charge in [0.15, 0.2) is 0 Å². The summed E-state index contributed by atoms with van der Waals surface area (Å²) in [4.78, 5) is 44.3. The van der Waals surface area contributed by atoms with Gasteiger partial charge in [-0.15, -0.1) is 0 Å². The fourth-order valence-corrected chi connectivity index (χ4v) is 4.27. The predicted octanol–water partition coefficient (Wildman–Crippen LogP) is 1.40. The highest BCUT2D eigenvalue weighted by atomic mass is 16.6. The van der Waals surface area contributed by atoms with Crippen LogP contribution in [0.25, 0.3) is 0 Å². The third-order valence-corrected chi connectivity index (χ3v) is 6.14. The Labute approximate surface area is 159 Å². The van der Waals surface area contributed by atoms with E-state index in [1.807, 2.05) is 39.8 Å². The molecule has 2 saturated heterocycles. The second kappa shape index (κ2) is 7.11. The summed E-state index contributed by atoms with van der Waals surface area (Å²) in [5.41, 5.74) is 1.83. The lowest BCUT2D eigenvalue weighted by Gasteiger charge is -2.36. The summed E-state index contributed by atoms with van der Waals surface area (Å²) in [5, 5.41) is 0. The zero-order chi connectivity index (χ0) is 19.9. The van der Waals surface area contributed by atoms with Crippen LogP contribution in [0, 0.1) is 26.2 Å². The Hall–Kier alpha value is -2.15. The van der Waals surface area contributed by atoms with Crippen molar-refractivity contribution in [1.82, 2.24) is 14.8 Å². The number of carbonyl (C=O) groups is 2. The lowest BCUT2D eigenvalue weighted by atomic mass is 9.76. The number of hydrogen-bond acceptors (Lipinski definition) is 5. The van der Waals surface area contributed by atoms with Crippen LogP contribution in [0.4, 0.5) is 0 Å². The summed E-state index contributed by atoms with van der Waals surface area (Å²) < 4.78 is 5.57. The summed E-state index contributed by atoms with van der Waals surface area (Å²) in [5.74, 6) is -0.385. The van der Waals surface area contributed by atoms with Crippen molar-refractivity contribution in [1.29, 1.82) is 0 Å². The number of carbonyl (C=O) groups excluding carboxylic acids is 2. The second-order valence-electron chi connectivity index (χ2n) is 8.27. The topological polar surface area (TPSA) is 82.7 Å². The van der Waals surface area contributed by atoms with Crippen LogP contribution in [0.3, 0.4) is 0 Å². The predicted molar refractivity (Wildman–Crippen MR) is 102 cm³/mol. The molecule has 1 spiro atoms. The van der Waals surface area contributed by atoms with Gasteiger partial charge < -0.3 is 19.5 Å². The van der Waals surface area contributed by atoms with E-state index in [1.54, 1.807) is 4.90 Å². The molecule has 7 nitrogen and oxygen atoms in total. The number of rotatable bonds is 3. The number of esters is 1. The minimum Gasteiger partial charge on any atom is -0.461 e. The van der Waals surface area contributed by atoms with Crippen LogP contribution >= 0.6 is 0 Å². The van der Waals surface area contributed by atoms with Crippen LogP contribution < -0.4 is 5.56 Å². The van der Waals surface area contributed by atoms with Gasteiger partial charge in [-0.3, -0.25) is 14.4 Å². The summed E-state index contributed by atoms with van der Waals surface area (Å²) in [6.45, 7) is 7.20. The molecule has 2 aliphatic heterocycles. The van der Waals surface area contributed by atoms with Gasteiger partial charge in [-0.1, -0.05) is 0 Å². The van der Waals surface area contributed by atoms with Gasteiger partial charge in [0, 0.05) is 31.7 Å². The summed E-state index contributed by atoms with van der Waals surface area (Å²) in [6.07, 6.45) is 1.79. The Bertz CT molecular complexity index is 819. The number of pyridine rings is 1. The van der Waals surface area contributed by atoms with Crippen molar-refractivity contribution in [3.63, 3.8) is 0 Å². The fraction of sp³-hybridized carbons (Fsp3) is 0.650. The number of aromatic nitrogens is 1. The van der Waals surface area contributed by atoms with Crippen LogP contribution in [0.15, 0.2) is 4.79 Å². The van der Waals surface area contributed by atoms with Crippen molar-refractivity contribution in [2.24, 2.45) is 5.41 Å². The maximum atomic E-state index is 13.0. The van der Waals surface area contributed by atoms with E-state index in [2.05, 4.69) is 4.98 Å². The van der Waals surface area contributed by atoms with Gasteiger partial charge in [0.05, 0.1) is 5.41 Å². The van der Waals surface area contributed by atoms with Crippen molar-refractivity contribution in [3.8, 4) is 0 Å². The van der Waals surface area contributed by atoms with Crippen LogP contribution in [0.1, 0.15) is 46.4 Å². The van der Waals surface area contributed by atoms with E-state index in [1.165, 1.54) is 0 Å². The molecule has 1 amide bonds. The first-order chi connectivity index (χ1) is 12.6. The molecule has 1 N–H and O–H groups in total. The van der Waals surface area contributed by atoms with Crippen molar-refractivity contribution in [2.75, 3.05) is 33.7 Å². The number of piperidine rings is 1. The molecule has 3 rings (SSSR count). The van der Waals surface area contributed by atoms with Gasteiger partial charge in [-0.25, -0.2) is 0 Å². The quantitative estimate of drug-likeness (QED) is 0.808. The van der Waals surface area contributed by atoms with E-state index in [0.717, 1.165) is 16.8 Å². The monoisotopic (exact) mass is 375 g/mol. The van der Waals surface area contributed by atoms with Crippen LogP contribution in [0.2, 0.25) is 0 Å². The summed E-state index contributed by atoms with van der Waals surface area (Å²) in [7, 11) is 3.92. The van der Waals surface area contributed by atoms with Crippen molar-refractivity contribution < 1.29 is 14.3 Å². The maximum Gasteiger partial charge on any atom is 0.312 e. The molecule has 0 bridgehead atoms. The summed E-state index contributed by atoms with van der Waals surface area (Å²) >= 11 is 0. The third kappa shape index (κ3) is 3.52. The number of cyclic esters (lactones) is 1. The van der Waals surface area contributed by atoms with E-state index < -0.39 is 5.41 Å². The standard InChI is InChI=1S/C20H29N3O4/c1-12-13(2)16(17(24)21-14(12)3)18(25)23-8-6-20(7-9-23)10-15(11-22(4)5)27-19(20)26/h15H,6-11H2,1-5H3,(H,21,24). The molecule has 1 atom stereocenters. The molecule has 1 aromatic heterocycles. The largest absolute Gasteiger partial charge is 0.461 e. The van der Waals surface area contributed by atoms with Gasteiger partial charge >= 0.3 is 5.97 Å². The van der Waals surface area contributed by atoms with E-state index >= 15 is 0 Å². The lowest BCUT2D eigenvalue weighted by Crippen LogP contribution is -2.46. The Balaban J connectivity index is 1.73. The molecule has 7 heteroatoms. The first-order valence-corrected chi connectivity index (χ1v) is 9.50. The minimum atomic E-state index is -0.484. The molecule has 1 aromatic rings. The van der Waals surface area contributed by atoms with Crippen molar-refractivity contribution >= 4 is 11.9 Å². The first kappa shape index (κ1) is 19.6. The summed E-state index contributed by atoms with van der Waals surface area (Å²) in [6, 6.07) is 0. The Morgan fingerprint density at radius 2 is 1.81 bits per heavy atom. The third-order valence-electron chi connectivity index (χ3n) is 6.14. The van der Waals surface area contributed by atoms with Gasteiger partial charge in [0.2, 0.25) is 0 Å². The van der Waals surface area contributed by atoms with Crippen LogP contribution in [0.5, 0.6) is 0 Å². The van der Waals surface area contributed by atoms with Crippen molar-refractivity contribution in [3.05, 3.63) is 32.7 Å². The van der Waals surface area contributed by atoms with E-state index in [9.17, 15) is 14.4 Å². The highest BCUT2D eigenvalue weighted by Crippen LogP contribution is 2.43. The van der Waals surface area contributed by atoms with Crippen molar-refractivity contribution in [2.45, 2.75) is 46.1 Å². The number of aryl methyl sites for hydroxylation is 1. The molecule has 27 heavy (non-hydrogen) atoms. The van der Waals surface area contributed by atoms with Gasteiger partial charge in [0.1, 0.15) is 11.7 Å². The zero-order valence-electron chi connectivity index (χ0n) is 16.8. The number of ether oxygens (including phenoxy) is 1. The fourth-order valence-electron chi connectivity index (χ4n) is 4.27. The Kier molecular flexibility index (Phi) is 5.16. The average molecular weight is 375 g/mol. The number of hydrogen-bond donors (Lipinski definition) is 1. The molecular formula is C20H29N3O4. The number of likely N-dealkylation sites (tertiary alicyclic amines) is 1. The number of nitrogens with zero attached hydrogens (tertiary/aromatic N) is 2. The van der Waals surface area contributed by atoms with Gasteiger partial charge in [0.25, 0.3) is 11.5 Å². The van der Waals surface area contributed by atoms with E-state index in [0.29, 0.717) is 38.9 Å². The molecule has 0 radical (unpaired) electrons. The van der Waals surface area contributed by atoms with Gasteiger partial charge in [-0.2, -0.15) is 0 Å². The minimum absolute atomic E-state index is 0.0837. The number of nitrogens with one attached hydrogen (secondary N) is 1. The maximum absolute atomic E-state index is 13.0. The van der Waals surface area contributed by atoms with Crippen LogP contribution in [-0.4, -0.2) is 66.5 Å². The number of H-pyrrole nitrogens is 1. The normalized spacial score (nSPS) is 21.8. The van der Waals surface area contributed by atoms with E-state index in [4.69, 9.17) is 4.74 Å². The lowest BCUT2D eigenvalue weighted by molar-refractivity contribution is -0.150. The SMILES string of the molecule is Cc1[nH]c(=O)c(C(=O)N2CCC3(CC2)CC(CN(C)C)OC3=O)c(C)c1C. The number of likely N-dealkylation sites (N-methyl/N-ethyl adjacent to an activating group) is 1. The molecule has 2 aliphatic rings. The molecule has 0 aliphatic carbocycles. The zero-order valence-corrected chi connectivity index (χ0v) is 16.8. The Morgan fingerprint density at radius 1 is 1.19 bits per heavy atom. The molecule has 1 unspecified atom stereocenters. The highest BCUT2D eigenvalue weighted by molar-refractivity contribution is 5.96. The molecular weight excluding hydrogens is 346 g/mol. The highest BCUT2D eigenvalue weighted by Gasteiger charge is 2.51. The molecule has 2 fully saturated rings. The van der Waals surface area contributed by atoms with Gasteiger partial charge in [-0.05, 0) is 58.8 Å².